The minimum absolute atomic E-state index is 0.993. The molecular weight excluding hydrogens is 482 g/mol. The monoisotopic (exact) mass is 502 g/mol. The molecule has 2 unspecified atom stereocenters. The van der Waals surface area contributed by atoms with Crippen LogP contribution in [-0.4, -0.2) is 37.7 Å². The molecule has 2 N–H and O–H groups in total. The Morgan fingerprint density at radius 1 is 0.655 bits per heavy atom. The SMILES string of the molecule is C1=CCC2=[As](O[As]3=C4CC=CC=C4Nc4ccccc43)c3ccccc3NC2=C1. The molecule has 2 aliphatic carbocycles. The number of allylic oxidation sites excluding steroid dienone is 8. The van der Waals surface area contributed by atoms with Crippen LogP contribution in [0.3, 0.4) is 0 Å². The molecule has 142 valence electrons. The molecule has 0 aromatic heterocycles. The normalized spacial score (nSPS) is 21.1. The first kappa shape index (κ1) is 17.7. The van der Waals surface area contributed by atoms with E-state index >= 15 is 0 Å². The zero-order valence-corrected chi connectivity index (χ0v) is 19.6. The maximum absolute atomic E-state index is 7.31. The van der Waals surface area contributed by atoms with Crippen LogP contribution in [0.5, 0.6) is 0 Å². The van der Waals surface area contributed by atoms with Crippen molar-refractivity contribution < 1.29 is 2.72 Å². The first-order chi connectivity index (χ1) is 14.4. The Labute approximate surface area is 179 Å². The molecule has 3 nitrogen and oxygen atoms in total. The summed E-state index contributed by atoms with van der Waals surface area (Å²) >= 11 is -3.70. The van der Waals surface area contributed by atoms with Crippen molar-refractivity contribution >= 4 is 57.8 Å². The van der Waals surface area contributed by atoms with Crippen molar-refractivity contribution in [3.63, 3.8) is 0 Å². The topological polar surface area (TPSA) is 33.3 Å². The molecule has 2 radical (unpaired) electrons. The van der Waals surface area contributed by atoms with Gasteiger partial charge in [0.05, 0.1) is 0 Å². The van der Waals surface area contributed by atoms with E-state index in [1.54, 1.807) is 0 Å². The van der Waals surface area contributed by atoms with E-state index in [-0.39, 0.29) is 0 Å². The Bertz CT molecular complexity index is 1140. The molecular formula is C24H20As2N2O. The van der Waals surface area contributed by atoms with Crippen molar-refractivity contribution in [2.75, 3.05) is 10.6 Å². The summed E-state index contributed by atoms with van der Waals surface area (Å²) in [6.45, 7) is 0. The molecule has 2 aromatic rings. The molecule has 0 saturated heterocycles. The Kier molecular flexibility index (Phi) is 4.42. The van der Waals surface area contributed by atoms with E-state index in [1.807, 2.05) is 0 Å². The van der Waals surface area contributed by atoms with Gasteiger partial charge in [0, 0.05) is 0 Å². The number of hydrogen-bond donors (Lipinski definition) is 2. The third kappa shape index (κ3) is 3.00. The van der Waals surface area contributed by atoms with E-state index in [2.05, 4.69) is 95.6 Å². The number of benzene rings is 2. The second-order valence-electron chi connectivity index (χ2n) is 7.27. The molecule has 0 saturated carbocycles. The Morgan fingerprint density at radius 3 is 1.66 bits per heavy atom. The van der Waals surface area contributed by atoms with Gasteiger partial charge in [-0.1, -0.05) is 0 Å². The van der Waals surface area contributed by atoms with Crippen molar-refractivity contribution in [1.82, 2.24) is 0 Å². The van der Waals surface area contributed by atoms with Gasteiger partial charge in [0.1, 0.15) is 0 Å². The minimum atomic E-state index is -1.85. The van der Waals surface area contributed by atoms with Crippen LogP contribution in [0.25, 0.3) is 0 Å². The zero-order chi connectivity index (χ0) is 19.2. The Balaban J connectivity index is 1.55. The Hall–Kier alpha value is -2.18. The molecule has 2 atom stereocenters. The van der Waals surface area contributed by atoms with Gasteiger partial charge in [-0.2, -0.15) is 0 Å². The average Bonchev–Trinajstić information content (AvgIpc) is 2.78. The van der Waals surface area contributed by atoms with E-state index < -0.39 is 29.1 Å². The molecule has 4 aliphatic rings. The van der Waals surface area contributed by atoms with Crippen LogP contribution >= 0.6 is 0 Å². The summed E-state index contributed by atoms with van der Waals surface area (Å²) in [5.74, 6) is 0. The van der Waals surface area contributed by atoms with E-state index in [4.69, 9.17) is 2.72 Å². The van der Waals surface area contributed by atoms with Crippen LogP contribution in [0.15, 0.2) is 96.4 Å². The molecule has 6 rings (SSSR count). The zero-order valence-electron chi connectivity index (χ0n) is 15.8. The summed E-state index contributed by atoms with van der Waals surface area (Å²) in [6.07, 6.45) is 15.2. The van der Waals surface area contributed by atoms with Gasteiger partial charge >= 0.3 is 180 Å². The first-order valence-corrected chi connectivity index (χ1v) is 15.1. The molecule has 2 aromatic carbocycles. The predicted molar refractivity (Wildman–Crippen MR) is 126 cm³/mol. The van der Waals surface area contributed by atoms with Gasteiger partial charge in [-0.05, 0) is 0 Å². The molecule has 0 fully saturated rings. The van der Waals surface area contributed by atoms with Crippen LogP contribution in [0, 0.1) is 0 Å². The summed E-state index contributed by atoms with van der Waals surface area (Å²) in [4.78, 5) is 0. The van der Waals surface area contributed by atoms with E-state index in [0.717, 1.165) is 12.8 Å². The number of anilines is 2. The second-order valence-corrected chi connectivity index (χ2v) is 16.2. The predicted octanol–water partition coefficient (Wildman–Crippen LogP) is 2.85. The second kappa shape index (κ2) is 7.25. The van der Waals surface area contributed by atoms with Gasteiger partial charge in [-0.15, -0.1) is 0 Å². The molecule has 5 heteroatoms. The van der Waals surface area contributed by atoms with Crippen molar-refractivity contribution in [3.05, 3.63) is 96.4 Å². The quantitative estimate of drug-likeness (QED) is 0.621. The third-order valence-corrected chi connectivity index (χ3v) is 17.0. The van der Waals surface area contributed by atoms with Crippen molar-refractivity contribution in [3.8, 4) is 0 Å². The fourth-order valence-corrected chi connectivity index (χ4v) is 17.3. The summed E-state index contributed by atoms with van der Waals surface area (Å²) in [6, 6.07) is 17.5. The van der Waals surface area contributed by atoms with Crippen molar-refractivity contribution in [2.45, 2.75) is 12.8 Å². The van der Waals surface area contributed by atoms with Crippen molar-refractivity contribution in [1.29, 1.82) is 0 Å². The van der Waals surface area contributed by atoms with Crippen LogP contribution in [0.4, 0.5) is 11.4 Å². The van der Waals surface area contributed by atoms with Gasteiger partial charge in [-0.25, -0.2) is 0 Å². The van der Waals surface area contributed by atoms with Gasteiger partial charge < -0.3 is 0 Å². The van der Waals surface area contributed by atoms with Gasteiger partial charge in [0.15, 0.2) is 0 Å². The van der Waals surface area contributed by atoms with Gasteiger partial charge in [0.2, 0.25) is 0 Å². The molecule has 0 bridgehead atoms. The van der Waals surface area contributed by atoms with E-state index in [1.165, 1.54) is 40.1 Å². The molecule has 0 amide bonds. The summed E-state index contributed by atoms with van der Waals surface area (Å²) < 4.78 is 13.1. The summed E-state index contributed by atoms with van der Waals surface area (Å²) in [5.41, 5.74) is 4.96. The number of hydrogen-bond acceptors (Lipinski definition) is 3. The van der Waals surface area contributed by atoms with Gasteiger partial charge in [0.25, 0.3) is 0 Å². The van der Waals surface area contributed by atoms with Crippen LogP contribution in [0.2, 0.25) is 0 Å². The van der Waals surface area contributed by atoms with E-state index in [0.29, 0.717) is 0 Å². The average molecular weight is 502 g/mol. The van der Waals surface area contributed by atoms with Gasteiger partial charge in [-0.3, -0.25) is 0 Å². The standard InChI is InChI=1S/C24H20As2N2O/c1-5-13-21-17(9-1)25(18-10-2-6-14-22(18)27-21)29-26-19-11-3-7-15-23(19)28-24-16-8-4-12-20(24)26/h1-9,11,13-16,27-28H,10,12H2. The fourth-order valence-electron chi connectivity index (χ4n) is 4.07. The van der Waals surface area contributed by atoms with Crippen LogP contribution in [-0.2, 0) is 2.72 Å². The van der Waals surface area contributed by atoms with Crippen LogP contribution in [0.1, 0.15) is 12.8 Å². The fraction of sp³-hybridized carbons (Fsp3) is 0.0833. The summed E-state index contributed by atoms with van der Waals surface area (Å²) in [7, 11) is 0. The molecule has 29 heavy (non-hydrogen) atoms. The summed E-state index contributed by atoms with van der Waals surface area (Å²) in [5, 5.41) is 7.29. The molecule has 0 spiro atoms. The van der Waals surface area contributed by atoms with E-state index in [9.17, 15) is 0 Å². The third-order valence-electron chi connectivity index (χ3n) is 5.48. The first-order valence-electron chi connectivity index (χ1n) is 9.85. The van der Waals surface area contributed by atoms with Crippen molar-refractivity contribution in [2.24, 2.45) is 0 Å². The number of para-hydroxylation sites is 2. The van der Waals surface area contributed by atoms with Crippen LogP contribution < -0.4 is 19.3 Å². The maximum atomic E-state index is 7.31. The number of nitrogens with one attached hydrogen (secondary N) is 2. The number of rotatable bonds is 2. The Morgan fingerprint density at radius 2 is 1.14 bits per heavy atom. The number of fused-ring (bicyclic) bond motifs is 4. The molecule has 2 aliphatic heterocycles. The molecule has 2 heterocycles.